The van der Waals surface area contributed by atoms with E-state index in [0.29, 0.717) is 16.4 Å². The molecule has 104 valence electrons. The molecule has 0 saturated carbocycles. The lowest BCUT2D eigenvalue weighted by molar-refractivity contribution is 0.0242. The van der Waals surface area contributed by atoms with Gasteiger partial charge in [-0.25, -0.2) is 0 Å². The maximum Gasteiger partial charge on any atom is 0.0709 e. The zero-order valence-corrected chi connectivity index (χ0v) is 12.7. The van der Waals surface area contributed by atoms with Crippen molar-refractivity contribution in [3.8, 4) is 0 Å². The van der Waals surface area contributed by atoms with Crippen molar-refractivity contribution >= 4 is 11.8 Å². The maximum atomic E-state index is 10.9. The highest BCUT2D eigenvalue weighted by Crippen LogP contribution is 2.48. The molecule has 1 aromatic carbocycles. The topological polar surface area (TPSA) is 20.2 Å². The average molecular weight is 276 g/mol. The number of thioether (sulfide) groups is 1. The third-order valence-electron chi connectivity index (χ3n) is 4.59. The van der Waals surface area contributed by atoms with Gasteiger partial charge in [0.1, 0.15) is 0 Å². The van der Waals surface area contributed by atoms with E-state index in [2.05, 4.69) is 49.9 Å². The van der Waals surface area contributed by atoms with Crippen LogP contribution in [-0.2, 0) is 6.42 Å². The molecule has 2 bridgehead atoms. The van der Waals surface area contributed by atoms with E-state index >= 15 is 0 Å². The van der Waals surface area contributed by atoms with Gasteiger partial charge < -0.3 is 5.11 Å². The SMILES string of the molecule is CC(C)c1ccc(CC2(O)CC3CCC(C2)S3)cc1. The first-order valence-electron chi connectivity index (χ1n) is 7.51. The van der Waals surface area contributed by atoms with Crippen LogP contribution in [0.3, 0.4) is 0 Å². The summed E-state index contributed by atoms with van der Waals surface area (Å²) in [6.07, 6.45) is 5.42. The molecule has 0 amide bonds. The quantitative estimate of drug-likeness (QED) is 0.895. The normalized spacial score (nSPS) is 33.9. The van der Waals surface area contributed by atoms with Gasteiger partial charge >= 0.3 is 0 Å². The Morgan fingerprint density at radius 2 is 1.74 bits per heavy atom. The van der Waals surface area contributed by atoms with E-state index in [0.717, 1.165) is 19.3 Å². The molecule has 2 aliphatic heterocycles. The van der Waals surface area contributed by atoms with Gasteiger partial charge in [-0.3, -0.25) is 0 Å². The Bertz CT molecular complexity index is 425. The summed E-state index contributed by atoms with van der Waals surface area (Å²) in [6, 6.07) is 8.85. The first-order valence-corrected chi connectivity index (χ1v) is 8.45. The Labute approximate surface area is 120 Å². The zero-order valence-electron chi connectivity index (χ0n) is 11.9. The first-order chi connectivity index (χ1) is 9.04. The van der Waals surface area contributed by atoms with Crippen LogP contribution in [0, 0.1) is 0 Å². The van der Waals surface area contributed by atoms with Crippen molar-refractivity contribution < 1.29 is 5.11 Å². The van der Waals surface area contributed by atoms with Crippen LogP contribution in [0.2, 0.25) is 0 Å². The van der Waals surface area contributed by atoms with Crippen molar-refractivity contribution in [1.82, 2.24) is 0 Å². The molecule has 2 aliphatic rings. The molecular weight excluding hydrogens is 252 g/mol. The number of hydrogen-bond acceptors (Lipinski definition) is 2. The average Bonchev–Trinajstić information content (AvgIpc) is 2.69. The number of benzene rings is 1. The van der Waals surface area contributed by atoms with Gasteiger partial charge in [-0.2, -0.15) is 11.8 Å². The van der Waals surface area contributed by atoms with Crippen LogP contribution in [0.25, 0.3) is 0 Å². The van der Waals surface area contributed by atoms with E-state index in [1.807, 2.05) is 0 Å². The summed E-state index contributed by atoms with van der Waals surface area (Å²) in [5, 5.41) is 12.3. The lowest BCUT2D eigenvalue weighted by Gasteiger charge is -2.36. The van der Waals surface area contributed by atoms with Gasteiger partial charge in [0.2, 0.25) is 0 Å². The van der Waals surface area contributed by atoms with Crippen molar-refractivity contribution in [3.63, 3.8) is 0 Å². The Kier molecular flexibility index (Phi) is 3.65. The molecule has 0 aliphatic carbocycles. The predicted octanol–water partition coefficient (Wildman–Crippen LogP) is 4.14. The van der Waals surface area contributed by atoms with Gasteiger partial charge in [-0.1, -0.05) is 38.1 Å². The molecule has 2 heterocycles. The Morgan fingerprint density at radius 1 is 1.16 bits per heavy atom. The van der Waals surface area contributed by atoms with Gasteiger partial charge in [0, 0.05) is 16.9 Å². The second-order valence-electron chi connectivity index (χ2n) is 6.66. The molecule has 0 aromatic heterocycles. The third kappa shape index (κ3) is 3.00. The van der Waals surface area contributed by atoms with Crippen LogP contribution in [0.15, 0.2) is 24.3 Å². The second-order valence-corrected chi connectivity index (χ2v) is 8.27. The molecule has 19 heavy (non-hydrogen) atoms. The Hall–Kier alpha value is -0.470. The molecule has 2 fully saturated rings. The Morgan fingerprint density at radius 3 is 2.26 bits per heavy atom. The summed E-state index contributed by atoms with van der Waals surface area (Å²) in [5.74, 6) is 0.582. The van der Waals surface area contributed by atoms with E-state index in [1.54, 1.807) is 0 Å². The standard InChI is InChI=1S/C17H24OS/c1-12(2)14-5-3-13(4-6-14)9-17(18)10-15-7-8-16(11-17)19-15/h3-6,12,15-16,18H,7-11H2,1-2H3. The van der Waals surface area contributed by atoms with Crippen molar-refractivity contribution in [3.05, 3.63) is 35.4 Å². The molecule has 2 saturated heterocycles. The van der Waals surface area contributed by atoms with E-state index in [-0.39, 0.29) is 0 Å². The first kappa shape index (κ1) is 13.5. The fourth-order valence-electron chi connectivity index (χ4n) is 3.56. The van der Waals surface area contributed by atoms with E-state index < -0.39 is 5.60 Å². The molecule has 1 aromatic rings. The highest BCUT2D eigenvalue weighted by atomic mass is 32.2. The van der Waals surface area contributed by atoms with Crippen molar-refractivity contribution in [2.45, 2.75) is 68.0 Å². The van der Waals surface area contributed by atoms with Crippen molar-refractivity contribution in [2.24, 2.45) is 0 Å². The lowest BCUT2D eigenvalue weighted by Crippen LogP contribution is -2.39. The summed E-state index contributed by atoms with van der Waals surface area (Å²) in [7, 11) is 0. The molecule has 1 nitrogen and oxygen atoms in total. The highest BCUT2D eigenvalue weighted by Gasteiger charge is 2.43. The van der Waals surface area contributed by atoms with Crippen molar-refractivity contribution in [2.75, 3.05) is 0 Å². The molecule has 1 N–H and O–H groups in total. The van der Waals surface area contributed by atoms with E-state index in [9.17, 15) is 5.11 Å². The molecule has 2 unspecified atom stereocenters. The van der Waals surface area contributed by atoms with Crippen LogP contribution in [0.4, 0.5) is 0 Å². The predicted molar refractivity (Wildman–Crippen MR) is 82.8 cm³/mol. The number of fused-ring (bicyclic) bond motifs is 2. The monoisotopic (exact) mass is 276 g/mol. The minimum absolute atomic E-state index is 0.448. The minimum Gasteiger partial charge on any atom is -0.389 e. The molecule has 0 spiro atoms. The number of rotatable bonds is 3. The highest BCUT2D eigenvalue weighted by molar-refractivity contribution is 8.00. The molecule has 2 heteroatoms. The smallest absolute Gasteiger partial charge is 0.0709 e. The third-order valence-corrected chi connectivity index (χ3v) is 6.16. The van der Waals surface area contributed by atoms with Crippen LogP contribution in [0.1, 0.15) is 56.6 Å². The largest absolute Gasteiger partial charge is 0.389 e. The van der Waals surface area contributed by atoms with E-state index in [1.165, 1.54) is 24.0 Å². The number of aliphatic hydroxyl groups is 1. The fourth-order valence-corrected chi connectivity index (χ4v) is 5.46. The molecule has 3 rings (SSSR count). The van der Waals surface area contributed by atoms with Crippen LogP contribution >= 0.6 is 11.8 Å². The van der Waals surface area contributed by atoms with Gasteiger partial charge in [0.25, 0.3) is 0 Å². The van der Waals surface area contributed by atoms with Gasteiger partial charge in [0.05, 0.1) is 5.60 Å². The summed E-state index contributed by atoms with van der Waals surface area (Å²) < 4.78 is 0. The van der Waals surface area contributed by atoms with Gasteiger partial charge in [0.15, 0.2) is 0 Å². The summed E-state index contributed by atoms with van der Waals surface area (Å²) >= 11 is 2.11. The van der Waals surface area contributed by atoms with Crippen LogP contribution in [0.5, 0.6) is 0 Å². The summed E-state index contributed by atoms with van der Waals surface area (Å²) in [5.41, 5.74) is 2.23. The van der Waals surface area contributed by atoms with Gasteiger partial charge in [-0.15, -0.1) is 0 Å². The second kappa shape index (κ2) is 5.14. The minimum atomic E-state index is -0.448. The maximum absolute atomic E-state index is 10.9. The van der Waals surface area contributed by atoms with Crippen molar-refractivity contribution in [1.29, 1.82) is 0 Å². The molecular formula is C17H24OS. The fraction of sp³-hybridized carbons (Fsp3) is 0.647. The summed E-state index contributed by atoms with van der Waals surface area (Å²) in [4.78, 5) is 0. The molecule has 2 atom stereocenters. The van der Waals surface area contributed by atoms with E-state index in [4.69, 9.17) is 0 Å². The summed E-state index contributed by atoms with van der Waals surface area (Å²) in [6.45, 7) is 4.44. The van der Waals surface area contributed by atoms with Crippen LogP contribution < -0.4 is 0 Å². The number of hydrogen-bond donors (Lipinski definition) is 1. The zero-order chi connectivity index (χ0) is 13.5. The molecule has 0 radical (unpaired) electrons. The lowest BCUT2D eigenvalue weighted by atomic mass is 9.86. The van der Waals surface area contributed by atoms with Crippen LogP contribution in [-0.4, -0.2) is 21.2 Å². The Balaban J connectivity index is 1.70. The van der Waals surface area contributed by atoms with Gasteiger partial charge in [-0.05, 0) is 42.7 Å².